The van der Waals surface area contributed by atoms with Gasteiger partial charge in [-0.05, 0) is 54.4 Å². The van der Waals surface area contributed by atoms with Gasteiger partial charge in [-0.3, -0.25) is 10.6 Å². The molecule has 1 aliphatic heterocycles. The Morgan fingerprint density at radius 3 is 2.07 bits per heavy atom. The van der Waals surface area contributed by atoms with Crippen molar-refractivity contribution in [1.82, 2.24) is 0 Å². The Balaban J connectivity index is 1.40. The SMILES string of the molecule is O=C(Nc1ccccc1)Oc1cc(OC(=O)Nc2ccccc2)c2c(c1)N(C(c1ccc(F)cc1)c1cccc(Cl)c1O)CC2. The molecule has 226 valence electrons. The van der Waals surface area contributed by atoms with E-state index in [4.69, 9.17) is 21.1 Å². The van der Waals surface area contributed by atoms with Crippen LogP contribution in [0.5, 0.6) is 17.2 Å². The summed E-state index contributed by atoms with van der Waals surface area (Å²) in [5.74, 6) is -0.214. The summed E-state index contributed by atoms with van der Waals surface area (Å²) in [4.78, 5) is 27.8. The number of halogens is 2. The number of rotatable bonds is 7. The van der Waals surface area contributed by atoms with Crippen LogP contribution in [0.1, 0.15) is 22.7 Å². The molecule has 0 saturated carbocycles. The number of phenols is 1. The number of carbonyl (C=O) groups excluding carboxylic acids is 2. The summed E-state index contributed by atoms with van der Waals surface area (Å²) >= 11 is 6.32. The molecule has 0 radical (unpaired) electrons. The van der Waals surface area contributed by atoms with Crippen molar-refractivity contribution in [3.63, 3.8) is 0 Å². The van der Waals surface area contributed by atoms with Gasteiger partial charge in [-0.2, -0.15) is 0 Å². The van der Waals surface area contributed by atoms with Crippen LogP contribution in [0.25, 0.3) is 0 Å². The molecule has 1 aliphatic rings. The Morgan fingerprint density at radius 1 is 0.800 bits per heavy atom. The van der Waals surface area contributed by atoms with Gasteiger partial charge in [-0.1, -0.05) is 72.3 Å². The van der Waals surface area contributed by atoms with Gasteiger partial charge in [-0.25, -0.2) is 14.0 Å². The molecule has 0 aliphatic carbocycles. The number of nitrogens with one attached hydrogen (secondary N) is 2. The summed E-state index contributed by atoms with van der Waals surface area (Å²) < 4.78 is 25.4. The van der Waals surface area contributed by atoms with Gasteiger partial charge < -0.3 is 19.5 Å². The van der Waals surface area contributed by atoms with E-state index in [0.717, 1.165) is 0 Å². The first-order chi connectivity index (χ1) is 21.9. The van der Waals surface area contributed by atoms with E-state index >= 15 is 0 Å². The Hall–Kier alpha value is -5.54. The lowest BCUT2D eigenvalue weighted by Gasteiger charge is -2.32. The minimum Gasteiger partial charge on any atom is -0.506 e. The van der Waals surface area contributed by atoms with Gasteiger partial charge in [0.05, 0.1) is 11.1 Å². The lowest BCUT2D eigenvalue weighted by atomic mass is 9.96. The van der Waals surface area contributed by atoms with Crippen LogP contribution in [0.3, 0.4) is 0 Å². The van der Waals surface area contributed by atoms with Gasteiger partial charge in [0.15, 0.2) is 0 Å². The van der Waals surface area contributed by atoms with Crippen molar-refractivity contribution in [2.75, 3.05) is 22.1 Å². The first kappa shape index (κ1) is 29.5. The fraction of sp³-hybridized carbons (Fsp3) is 0.0857. The van der Waals surface area contributed by atoms with Crippen LogP contribution in [0.2, 0.25) is 5.02 Å². The van der Waals surface area contributed by atoms with E-state index in [2.05, 4.69) is 10.6 Å². The summed E-state index contributed by atoms with van der Waals surface area (Å²) in [6, 6.07) is 31.2. The highest BCUT2D eigenvalue weighted by molar-refractivity contribution is 6.32. The summed E-state index contributed by atoms with van der Waals surface area (Å²) in [6.07, 6.45) is -1.01. The summed E-state index contributed by atoms with van der Waals surface area (Å²) in [6.45, 7) is 0.430. The van der Waals surface area contributed by atoms with Crippen molar-refractivity contribution in [3.05, 3.63) is 143 Å². The molecule has 5 aromatic carbocycles. The van der Waals surface area contributed by atoms with E-state index in [1.54, 1.807) is 84.9 Å². The van der Waals surface area contributed by atoms with E-state index in [9.17, 15) is 19.1 Å². The molecule has 10 heteroatoms. The normalized spacial score (nSPS) is 12.6. The second-order valence-corrected chi connectivity index (χ2v) is 10.7. The molecule has 6 rings (SSSR count). The highest BCUT2D eigenvalue weighted by Crippen LogP contribution is 2.47. The third kappa shape index (κ3) is 6.68. The Morgan fingerprint density at radius 2 is 1.42 bits per heavy atom. The molecule has 45 heavy (non-hydrogen) atoms. The number of hydrogen-bond donors (Lipinski definition) is 3. The third-order valence-corrected chi connectivity index (χ3v) is 7.64. The molecule has 0 bridgehead atoms. The van der Waals surface area contributed by atoms with E-state index in [0.29, 0.717) is 46.7 Å². The number of aromatic hydroxyl groups is 1. The predicted molar refractivity (Wildman–Crippen MR) is 171 cm³/mol. The molecule has 0 aromatic heterocycles. The topological polar surface area (TPSA) is 100 Å². The third-order valence-electron chi connectivity index (χ3n) is 7.33. The fourth-order valence-electron chi connectivity index (χ4n) is 5.35. The summed E-state index contributed by atoms with van der Waals surface area (Å²) in [7, 11) is 0. The number of hydrogen-bond acceptors (Lipinski definition) is 6. The molecule has 1 atom stereocenters. The lowest BCUT2D eigenvalue weighted by molar-refractivity contribution is 0.213. The van der Waals surface area contributed by atoms with Crippen molar-refractivity contribution in [2.24, 2.45) is 0 Å². The van der Waals surface area contributed by atoms with Crippen LogP contribution < -0.4 is 25.0 Å². The zero-order chi connectivity index (χ0) is 31.3. The quantitative estimate of drug-likeness (QED) is 0.168. The minimum atomic E-state index is -0.743. The van der Waals surface area contributed by atoms with Crippen molar-refractivity contribution in [2.45, 2.75) is 12.5 Å². The van der Waals surface area contributed by atoms with Crippen LogP contribution in [0.15, 0.2) is 115 Å². The molecule has 8 nitrogen and oxygen atoms in total. The molecule has 2 amide bonds. The Kier molecular flexibility index (Phi) is 8.52. The molecular formula is C35H27ClFN3O5. The average Bonchev–Trinajstić information content (AvgIpc) is 3.45. The monoisotopic (exact) mass is 623 g/mol. The highest BCUT2D eigenvalue weighted by atomic mass is 35.5. The number of nitrogens with zero attached hydrogens (tertiary/aromatic N) is 1. The standard InChI is InChI=1S/C35H27ClFN3O5/c36-29-13-7-12-28(33(29)41)32(22-14-16-23(37)17-15-22)40-19-18-27-30(40)20-26(44-34(42)38-24-8-3-1-4-9-24)21-31(27)45-35(43)39-25-10-5-2-6-11-25/h1-17,20-21,32,41H,18-19H2,(H,38,42)(H,39,43). The summed E-state index contributed by atoms with van der Waals surface area (Å²) in [5, 5.41) is 16.6. The van der Waals surface area contributed by atoms with Crippen LogP contribution in [-0.4, -0.2) is 23.8 Å². The van der Waals surface area contributed by atoms with Crippen molar-refractivity contribution >= 4 is 40.8 Å². The van der Waals surface area contributed by atoms with Crippen LogP contribution in [-0.2, 0) is 6.42 Å². The zero-order valence-corrected chi connectivity index (χ0v) is 24.5. The second kappa shape index (κ2) is 13.0. The Labute approximate surface area is 263 Å². The highest BCUT2D eigenvalue weighted by Gasteiger charge is 2.34. The molecular weight excluding hydrogens is 597 g/mol. The largest absolute Gasteiger partial charge is 0.506 e. The van der Waals surface area contributed by atoms with Gasteiger partial charge in [0, 0.05) is 46.9 Å². The molecule has 0 spiro atoms. The molecule has 0 fully saturated rings. The van der Waals surface area contributed by atoms with Crippen LogP contribution in [0, 0.1) is 5.82 Å². The number of benzene rings is 5. The first-order valence-corrected chi connectivity index (χ1v) is 14.5. The molecule has 0 saturated heterocycles. The maximum atomic E-state index is 14.0. The van der Waals surface area contributed by atoms with E-state index in [-0.39, 0.29) is 22.3 Å². The molecule has 1 unspecified atom stereocenters. The molecule has 1 heterocycles. The van der Waals surface area contributed by atoms with Gasteiger partial charge in [0.2, 0.25) is 0 Å². The van der Waals surface area contributed by atoms with Crippen molar-refractivity contribution in [1.29, 1.82) is 0 Å². The number of phenolic OH excluding ortho intramolecular Hbond substituents is 1. The lowest BCUT2D eigenvalue weighted by Crippen LogP contribution is -2.28. The maximum absolute atomic E-state index is 14.0. The number of amides is 2. The van der Waals surface area contributed by atoms with Crippen molar-refractivity contribution < 1.29 is 28.6 Å². The fourth-order valence-corrected chi connectivity index (χ4v) is 5.53. The number of fused-ring (bicyclic) bond motifs is 1. The van der Waals surface area contributed by atoms with Crippen molar-refractivity contribution in [3.8, 4) is 17.2 Å². The number of ether oxygens (including phenoxy) is 2. The minimum absolute atomic E-state index is 0.115. The van der Waals surface area contributed by atoms with Gasteiger partial charge in [0.1, 0.15) is 23.1 Å². The number of para-hydroxylation sites is 3. The van der Waals surface area contributed by atoms with E-state index < -0.39 is 24.0 Å². The number of anilines is 3. The Bertz CT molecular complexity index is 1840. The predicted octanol–water partition coefficient (Wildman–Crippen LogP) is 8.56. The van der Waals surface area contributed by atoms with E-state index in [1.807, 2.05) is 17.0 Å². The zero-order valence-electron chi connectivity index (χ0n) is 23.7. The van der Waals surface area contributed by atoms with Gasteiger partial charge in [-0.15, -0.1) is 0 Å². The smallest absolute Gasteiger partial charge is 0.417 e. The maximum Gasteiger partial charge on any atom is 0.417 e. The van der Waals surface area contributed by atoms with Gasteiger partial charge in [0.25, 0.3) is 0 Å². The summed E-state index contributed by atoms with van der Waals surface area (Å²) in [5.41, 5.74) is 3.53. The average molecular weight is 624 g/mol. The van der Waals surface area contributed by atoms with E-state index in [1.165, 1.54) is 18.2 Å². The second-order valence-electron chi connectivity index (χ2n) is 10.3. The first-order valence-electron chi connectivity index (χ1n) is 14.1. The van der Waals surface area contributed by atoms with Crippen LogP contribution >= 0.6 is 11.6 Å². The van der Waals surface area contributed by atoms with Gasteiger partial charge >= 0.3 is 12.2 Å². The number of carbonyl (C=O) groups is 2. The van der Waals surface area contributed by atoms with Crippen LogP contribution in [0.4, 0.5) is 31.0 Å². The molecule has 5 aromatic rings. The molecule has 3 N–H and O–H groups in total.